The number of aryl methyl sites for hydroxylation is 1. The van der Waals surface area contributed by atoms with Crippen LogP contribution in [-0.2, 0) is 12.8 Å². The lowest BCUT2D eigenvalue weighted by Crippen LogP contribution is -2.29. The van der Waals surface area contributed by atoms with Gasteiger partial charge in [0, 0.05) is 18.1 Å². The molecule has 23 heavy (non-hydrogen) atoms. The Labute approximate surface area is 142 Å². The van der Waals surface area contributed by atoms with Crippen molar-refractivity contribution in [1.82, 2.24) is 14.7 Å². The highest BCUT2D eigenvalue weighted by Crippen LogP contribution is 2.25. The third-order valence-corrected chi connectivity index (χ3v) is 4.62. The molecule has 1 aliphatic rings. The molecule has 3 rings (SSSR count). The predicted molar refractivity (Wildman–Crippen MR) is 92.5 cm³/mol. The van der Waals surface area contributed by atoms with Gasteiger partial charge in [-0.25, -0.2) is 4.68 Å². The molecule has 1 amide bonds. The van der Waals surface area contributed by atoms with Gasteiger partial charge in [0.25, 0.3) is 5.91 Å². The first kappa shape index (κ1) is 16.1. The summed E-state index contributed by atoms with van der Waals surface area (Å²) in [6.07, 6.45) is 3.69. The molecular weight excluding hydrogens is 310 g/mol. The summed E-state index contributed by atoms with van der Waals surface area (Å²) < 4.78 is 1.88. The molecule has 5 heteroatoms. The zero-order chi connectivity index (χ0) is 16.4. The van der Waals surface area contributed by atoms with Crippen molar-refractivity contribution in [3.8, 4) is 5.69 Å². The van der Waals surface area contributed by atoms with Gasteiger partial charge in [-0.1, -0.05) is 31.5 Å². The fraction of sp³-hybridized carbons (Fsp3) is 0.444. The predicted octanol–water partition coefficient (Wildman–Crippen LogP) is 3.89. The minimum atomic E-state index is 0.129. The highest BCUT2D eigenvalue weighted by atomic mass is 35.5. The summed E-state index contributed by atoms with van der Waals surface area (Å²) in [4.78, 5) is 14.9. The lowest BCUT2D eigenvalue weighted by molar-refractivity contribution is 0.0790. The molecule has 1 saturated heterocycles. The van der Waals surface area contributed by atoms with Crippen LogP contribution in [0.3, 0.4) is 0 Å². The normalized spacial score (nSPS) is 14.5. The van der Waals surface area contributed by atoms with Crippen LogP contribution in [0.25, 0.3) is 5.69 Å². The molecule has 4 nitrogen and oxygen atoms in total. The molecule has 0 atom stereocenters. The Hall–Kier alpha value is -1.81. The number of rotatable bonds is 4. The largest absolute Gasteiger partial charge is 0.339 e. The molecule has 0 N–H and O–H groups in total. The molecule has 122 valence electrons. The van der Waals surface area contributed by atoms with Gasteiger partial charge in [0.2, 0.25) is 0 Å². The second-order valence-corrected chi connectivity index (χ2v) is 6.30. The molecule has 0 aliphatic carbocycles. The van der Waals surface area contributed by atoms with Crippen molar-refractivity contribution in [3.63, 3.8) is 0 Å². The highest BCUT2D eigenvalue weighted by Gasteiger charge is 2.27. The van der Waals surface area contributed by atoms with Gasteiger partial charge in [0.15, 0.2) is 0 Å². The highest BCUT2D eigenvalue weighted by molar-refractivity contribution is 6.30. The van der Waals surface area contributed by atoms with Gasteiger partial charge in [0.1, 0.15) is 0 Å². The van der Waals surface area contributed by atoms with Crippen molar-refractivity contribution in [2.45, 2.75) is 39.5 Å². The van der Waals surface area contributed by atoms with E-state index in [1.54, 1.807) is 0 Å². The molecule has 0 saturated carbocycles. The van der Waals surface area contributed by atoms with E-state index in [1.807, 2.05) is 40.8 Å². The lowest BCUT2D eigenvalue weighted by atomic mass is 10.1. The molecule has 0 spiro atoms. The van der Waals surface area contributed by atoms with Gasteiger partial charge >= 0.3 is 0 Å². The number of carbonyl (C=O) groups is 1. The first-order chi connectivity index (χ1) is 11.2. The Bertz CT molecular complexity index is 717. The van der Waals surface area contributed by atoms with E-state index in [0.29, 0.717) is 5.02 Å². The van der Waals surface area contributed by atoms with E-state index < -0.39 is 0 Å². The zero-order valence-corrected chi connectivity index (χ0v) is 14.4. The number of likely N-dealkylation sites (tertiary alicyclic amines) is 1. The van der Waals surface area contributed by atoms with Crippen molar-refractivity contribution < 1.29 is 4.79 Å². The molecule has 0 unspecified atom stereocenters. The van der Waals surface area contributed by atoms with E-state index in [2.05, 4.69) is 6.92 Å². The SMILES string of the molecule is CCc1nn(-c2cccc(Cl)c2)c(CC)c1C(=O)N1CCCC1. The van der Waals surface area contributed by atoms with Crippen molar-refractivity contribution >= 4 is 17.5 Å². The fourth-order valence-corrected chi connectivity index (χ4v) is 3.41. The van der Waals surface area contributed by atoms with Crippen LogP contribution in [0, 0.1) is 0 Å². The van der Waals surface area contributed by atoms with Crippen LogP contribution in [0.5, 0.6) is 0 Å². The van der Waals surface area contributed by atoms with Gasteiger partial charge in [-0.2, -0.15) is 5.10 Å². The molecular formula is C18H22ClN3O. The van der Waals surface area contributed by atoms with Crippen molar-refractivity contribution in [3.05, 3.63) is 46.2 Å². The number of hydrogen-bond donors (Lipinski definition) is 0. The van der Waals surface area contributed by atoms with Crippen LogP contribution in [0.4, 0.5) is 0 Å². The van der Waals surface area contributed by atoms with Gasteiger partial charge in [-0.05, 0) is 43.9 Å². The summed E-state index contributed by atoms with van der Waals surface area (Å²) in [7, 11) is 0. The Morgan fingerprint density at radius 2 is 1.96 bits per heavy atom. The van der Waals surface area contributed by atoms with Crippen molar-refractivity contribution in [2.24, 2.45) is 0 Å². The minimum absolute atomic E-state index is 0.129. The molecule has 1 fully saturated rings. The number of benzene rings is 1. The summed E-state index contributed by atoms with van der Waals surface area (Å²) >= 11 is 6.12. The standard InChI is InChI=1S/C18H22ClN3O/c1-3-15-17(18(23)21-10-5-6-11-21)16(4-2)22(20-15)14-9-7-8-13(19)12-14/h7-9,12H,3-6,10-11H2,1-2H3. The van der Waals surface area contributed by atoms with E-state index in [9.17, 15) is 4.79 Å². The van der Waals surface area contributed by atoms with E-state index >= 15 is 0 Å². The van der Waals surface area contributed by atoms with E-state index in [1.165, 1.54) is 0 Å². The number of nitrogens with zero attached hydrogens (tertiary/aromatic N) is 3. The van der Waals surface area contributed by atoms with Gasteiger partial charge in [0.05, 0.1) is 22.6 Å². The quantitative estimate of drug-likeness (QED) is 0.852. The van der Waals surface area contributed by atoms with E-state index in [0.717, 1.165) is 61.4 Å². The molecule has 1 aromatic heterocycles. The summed E-state index contributed by atoms with van der Waals surface area (Å²) in [5, 5.41) is 5.39. The first-order valence-electron chi connectivity index (χ1n) is 8.31. The van der Waals surface area contributed by atoms with Crippen LogP contribution in [0.1, 0.15) is 48.4 Å². The molecule has 0 radical (unpaired) electrons. The third-order valence-electron chi connectivity index (χ3n) is 4.38. The lowest BCUT2D eigenvalue weighted by Gasteiger charge is -2.16. The maximum Gasteiger partial charge on any atom is 0.257 e. The maximum atomic E-state index is 13.0. The molecule has 1 aromatic carbocycles. The number of carbonyl (C=O) groups excluding carboxylic acids is 1. The van der Waals surface area contributed by atoms with Crippen LogP contribution in [0.15, 0.2) is 24.3 Å². The Morgan fingerprint density at radius 1 is 1.22 bits per heavy atom. The molecule has 0 bridgehead atoms. The fourth-order valence-electron chi connectivity index (χ4n) is 3.22. The van der Waals surface area contributed by atoms with Crippen LogP contribution >= 0.6 is 11.6 Å². The monoisotopic (exact) mass is 331 g/mol. The smallest absolute Gasteiger partial charge is 0.257 e. The topological polar surface area (TPSA) is 38.1 Å². The first-order valence-corrected chi connectivity index (χ1v) is 8.69. The van der Waals surface area contributed by atoms with Gasteiger partial charge in [-0.15, -0.1) is 0 Å². The minimum Gasteiger partial charge on any atom is -0.339 e. The van der Waals surface area contributed by atoms with Crippen LogP contribution in [-0.4, -0.2) is 33.7 Å². The van der Waals surface area contributed by atoms with Crippen LogP contribution in [0.2, 0.25) is 5.02 Å². The number of halogens is 1. The Kier molecular flexibility index (Phi) is 4.71. The molecule has 1 aliphatic heterocycles. The summed E-state index contributed by atoms with van der Waals surface area (Å²) in [6.45, 7) is 5.82. The zero-order valence-electron chi connectivity index (χ0n) is 13.7. The summed E-state index contributed by atoms with van der Waals surface area (Å²) in [5.74, 6) is 0.129. The summed E-state index contributed by atoms with van der Waals surface area (Å²) in [5.41, 5.74) is 3.54. The number of hydrogen-bond acceptors (Lipinski definition) is 2. The van der Waals surface area contributed by atoms with E-state index in [4.69, 9.17) is 16.7 Å². The maximum absolute atomic E-state index is 13.0. The average Bonchev–Trinajstić information content (AvgIpc) is 3.21. The van der Waals surface area contributed by atoms with Crippen molar-refractivity contribution in [1.29, 1.82) is 0 Å². The molecule has 2 heterocycles. The Balaban J connectivity index is 2.10. The third kappa shape index (κ3) is 3.00. The van der Waals surface area contributed by atoms with Crippen LogP contribution < -0.4 is 0 Å². The second-order valence-electron chi connectivity index (χ2n) is 5.87. The van der Waals surface area contributed by atoms with Crippen molar-refractivity contribution in [2.75, 3.05) is 13.1 Å². The summed E-state index contributed by atoms with van der Waals surface area (Å²) in [6, 6.07) is 7.61. The average molecular weight is 332 g/mol. The number of aromatic nitrogens is 2. The Morgan fingerprint density at radius 3 is 2.57 bits per heavy atom. The van der Waals surface area contributed by atoms with E-state index in [-0.39, 0.29) is 5.91 Å². The molecule has 2 aromatic rings. The second kappa shape index (κ2) is 6.75. The van der Waals surface area contributed by atoms with Gasteiger partial charge in [-0.3, -0.25) is 4.79 Å². The number of amides is 1. The van der Waals surface area contributed by atoms with Gasteiger partial charge < -0.3 is 4.90 Å².